The Labute approximate surface area is 288 Å². The van der Waals surface area contributed by atoms with Crippen LogP contribution in [0.3, 0.4) is 0 Å². The number of carbonyl (C=O) groups excluding carboxylic acids is 1. The van der Waals surface area contributed by atoms with Crippen LogP contribution in [-0.2, 0) is 36.7 Å². The summed E-state index contributed by atoms with van der Waals surface area (Å²) in [5.41, 5.74) is 9.43. The number of hydrogen-bond donors (Lipinski definition) is 1. The second-order valence-electron chi connectivity index (χ2n) is 13.2. The second-order valence-corrected chi connectivity index (χ2v) is 13.2. The first-order valence-corrected chi connectivity index (χ1v) is 15.1. The summed E-state index contributed by atoms with van der Waals surface area (Å²) in [6, 6.07) is 34.7. The minimum Gasteiger partial charge on any atom is -0.512 e. The minimum atomic E-state index is -0.125. The molecule has 0 aliphatic carbocycles. The summed E-state index contributed by atoms with van der Waals surface area (Å²) < 4.78 is 0. The third-order valence-electron chi connectivity index (χ3n) is 7.24. The van der Waals surface area contributed by atoms with Crippen LogP contribution in [0, 0.1) is 6.07 Å². The maximum Gasteiger partial charge on any atom is 0.161 e. The largest absolute Gasteiger partial charge is 0.512 e. The third-order valence-corrected chi connectivity index (χ3v) is 7.24. The predicted octanol–water partition coefficient (Wildman–Crippen LogP) is 9.97. The average molecular weight is 792 g/mol. The first kappa shape index (κ1) is 36.3. The van der Waals surface area contributed by atoms with Crippen molar-refractivity contribution in [2.75, 3.05) is 0 Å². The molecule has 0 aliphatic heterocycles. The molecule has 0 fully saturated rings. The van der Waals surface area contributed by atoms with Crippen LogP contribution in [0.25, 0.3) is 45.2 Å². The number of allylic oxidation sites excluding steroid dienone is 2. The predicted molar refractivity (Wildman–Crippen MR) is 185 cm³/mol. The van der Waals surface area contributed by atoms with E-state index < -0.39 is 0 Å². The maximum atomic E-state index is 10.0. The van der Waals surface area contributed by atoms with Crippen LogP contribution in [0.2, 0.25) is 0 Å². The van der Waals surface area contributed by atoms with E-state index in [0.717, 1.165) is 39.3 Å². The topological polar surface area (TPSA) is 76.0 Å². The van der Waals surface area contributed by atoms with Crippen molar-refractivity contribution in [2.45, 2.75) is 66.2 Å². The van der Waals surface area contributed by atoms with Gasteiger partial charge >= 0.3 is 0 Å². The van der Waals surface area contributed by atoms with Crippen molar-refractivity contribution in [2.24, 2.45) is 0 Å². The zero-order valence-corrected chi connectivity index (χ0v) is 30.1. The number of rotatable bonds is 5. The Morgan fingerprint density at radius 1 is 0.696 bits per heavy atom. The molecule has 0 radical (unpaired) electrons. The van der Waals surface area contributed by atoms with Crippen LogP contribution in [0.5, 0.6) is 0 Å². The van der Waals surface area contributed by atoms with E-state index in [9.17, 15) is 4.79 Å². The Balaban J connectivity index is 0.000000648. The van der Waals surface area contributed by atoms with Crippen LogP contribution < -0.4 is 0 Å². The van der Waals surface area contributed by atoms with Gasteiger partial charge in [-0.2, -0.15) is 0 Å². The summed E-state index contributed by atoms with van der Waals surface area (Å²) in [6.45, 7) is 16.2. The van der Waals surface area contributed by atoms with Gasteiger partial charge in [-0.1, -0.05) is 102 Å². The van der Waals surface area contributed by atoms with Gasteiger partial charge in [-0.15, -0.1) is 35.9 Å². The fourth-order valence-corrected chi connectivity index (χ4v) is 4.69. The van der Waals surface area contributed by atoms with E-state index in [4.69, 9.17) is 20.1 Å². The third kappa shape index (κ3) is 9.89. The zero-order valence-electron chi connectivity index (χ0n) is 27.8. The molecule has 0 saturated heterocycles. The van der Waals surface area contributed by atoms with Crippen molar-refractivity contribution in [3.63, 3.8) is 0 Å². The Morgan fingerprint density at radius 3 is 1.54 bits per heavy atom. The van der Waals surface area contributed by atoms with E-state index in [2.05, 4.69) is 102 Å². The number of ketones is 1. The van der Waals surface area contributed by atoms with Gasteiger partial charge in [-0.05, 0) is 47.6 Å². The molecule has 5 nitrogen and oxygen atoms in total. The van der Waals surface area contributed by atoms with Crippen LogP contribution in [-0.4, -0.2) is 25.8 Å². The molecule has 0 spiro atoms. The molecule has 240 valence electrons. The van der Waals surface area contributed by atoms with Crippen molar-refractivity contribution in [3.8, 4) is 45.2 Å². The Kier molecular flexibility index (Phi) is 12.1. The molecule has 0 unspecified atom stereocenters. The molecule has 2 aromatic heterocycles. The molecule has 0 atom stereocenters. The number of benzene rings is 3. The molecule has 1 N–H and O–H groups in total. The normalized spacial score (nSPS) is 11.6. The van der Waals surface area contributed by atoms with Crippen LogP contribution in [0.1, 0.15) is 66.5 Å². The van der Waals surface area contributed by atoms with Crippen molar-refractivity contribution >= 4 is 5.78 Å². The molecule has 0 saturated carbocycles. The van der Waals surface area contributed by atoms with Gasteiger partial charge in [0.1, 0.15) is 0 Å². The number of aliphatic hydroxyl groups excluding tert-OH is 1. The monoisotopic (exact) mass is 791 g/mol. The molecule has 46 heavy (non-hydrogen) atoms. The fourth-order valence-electron chi connectivity index (χ4n) is 4.69. The minimum absolute atomic E-state index is 0. The summed E-state index contributed by atoms with van der Waals surface area (Å²) in [5.74, 6) is 0.598. The van der Waals surface area contributed by atoms with E-state index in [1.54, 1.807) is 0 Å². The number of carbonyl (C=O) groups is 1. The SMILES string of the molecule is CC(=O)/C=C(/C)O.CC(C)(C)c1ccc(-c2cc(-c3ccc(C(C)(C)C)cc3)nc(-c3ccc(-c4[c-]cccc4)nc3)n2)cc1.[Pt]. The molecule has 0 bridgehead atoms. The van der Waals surface area contributed by atoms with Crippen molar-refractivity contribution in [3.05, 3.63) is 126 Å². The Morgan fingerprint density at radius 2 is 1.20 bits per heavy atom. The first-order chi connectivity index (χ1) is 21.2. The van der Waals surface area contributed by atoms with Crippen LogP contribution in [0.4, 0.5) is 0 Å². The summed E-state index contributed by atoms with van der Waals surface area (Å²) in [6.07, 6.45) is 3.02. The van der Waals surface area contributed by atoms with Gasteiger partial charge in [-0.25, -0.2) is 9.97 Å². The van der Waals surface area contributed by atoms with E-state index in [0.29, 0.717) is 5.82 Å². The molecule has 5 aromatic rings. The van der Waals surface area contributed by atoms with E-state index in [1.807, 2.05) is 42.6 Å². The average Bonchev–Trinajstić information content (AvgIpc) is 3.00. The summed E-state index contributed by atoms with van der Waals surface area (Å²) in [7, 11) is 0. The number of aliphatic hydroxyl groups is 1. The van der Waals surface area contributed by atoms with Crippen molar-refractivity contribution in [1.29, 1.82) is 0 Å². The Bertz CT molecular complexity index is 1690. The van der Waals surface area contributed by atoms with Gasteiger partial charge in [0.25, 0.3) is 0 Å². The molecule has 6 heteroatoms. The fraction of sp³-hybridized carbons (Fsp3) is 0.250. The van der Waals surface area contributed by atoms with Crippen LogP contribution in [0.15, 0.2) is 109 Å². The van der Waals surface area contributed by atoms with Crippen LogP contribution >= 0.6 is 0 Å². The number of pyridine rings is 1. The quantitative estimate of drug-likeness (QED) is 0.109. The van der Waals surface area contributed by atoms with Gasteiger partial charge < -0.3 is 10.1 Å². The van der Waals surface area contributed by atoms with Crippen molar-refractivity contribution < 1.29 is 31.0 Å². The zero-order chi connectivity index (χ0) is 32.8. The summed E-state index contributed by atoms with van der Waals surface area (Å²) >= 11 is 0. The molecule has 5 rings (SSSR count). The van der Waals surface area contributed by atoms with E-state index in [-0.39, 0.29) is 43.4 Å². The molecular formula is C40H42N3O2Pt-. The first-order valence-electron chi connectivity index (χ1n) is 15.1. The molecular weight excluding hydrogens is 750 g/mol. The number of aromatic nitrogens is 3. The molecule has 3 aromatic carbocycles. The molecule has 0 amide bonds. The van der Waals surface area contributed by atoms with Gasteiger partial charge in [0.15, 0.2) is 11.6 Å². The Hall–Kier alpha value is -4.21. The smallest absolute Gasteiger partial charge is 0.161 e. The maximum absolute atomic E-state index is 10.0. The van der Waals surface area contributed by atoms with Gasteiger partial charge in [0, 0.05) is 50.0 Å². The van der Waals surface area contributed by atoms with Crippen molar-refractivity contribution in [1.82, 2.24) is 15.0 Å². The van der Waals surface area contributed by atoms with E-state index >= 15 is 0 Å². The molecule has 2 heterocycles. The van der Waals surface area contributed by atoms with Gasteiger partial charge in [0.2, 0.25) is 0 Å². The van der Waals surface area contributed by atoms with E-state index in [1.165, 1.54) is 31.1 Å². The summed E-state index contributed by atoms with van der Waals surface area (Å²) in [4.78, 5) is 24.7. The second kappa shape index (κ2) is 15.4. The number of nitrogens with zero attached hydrogens (tertiary/aromatic N) is 3. The van der Waals surface area contributed by atoms with Gasteiger partial charge in [-0.3, -0.25) is 4.79 Å². The standard InChI is InChI=1S/C35H34N3.C5H8O2.Pt/c1-34(2,3)28-17-12-25(13-18-28)31-22-32(26-14-19-29(20-15-26)35(4,5)6)38-33(37-31)27-16-21-30(36-23-27)24-10-8-7-9-11-24;1-4(6)3-5(2)7;/h7-10,12-23H,1-6H3;3,6H,1-2H3;/q-1;;/b;4-3-;. The molecule has 0 aliphatic rings. The number of hydrogen-bond acceptors (Lipinski definition) is 5. The van der Waals surface area contributed by atoms with Gasteiger partial charge in [0.05, 0.1) is 17.1 Å². The summed E-state index contributed by atoms with van der Waals surface area (Å²) in [5, 5.41) is 8.36.